The fourth-order valence-electron chi connectivity index (χ4n) is 2.96. The van der Waals surface area contributed by atoms with Crippen LogP contribution in [0, 0.1) is 0 Å². The molecule has 3 aliphatic rings. The van der Waals surface area contributed by atoms with E-state index in [0.717, 1.165) is 24.1 Å². The van der Waals surface area contributed by atoms with E-state index in [1.165, 1.54) is 30.5 Å². The number of piperazine rings is 3. The topological polar surface area (TPSA) is 67.5 Å². The summed E-state index contributed by atoms with van der Waals surface area (Å²) in [7, 11) is 2.33. The Labute approximate surface area is 109 Å². The first-order chi connectivity index (χ1) is 8.58. The van der Waals surface area contributed by atoms with Gasteiger partial charge in [0, 0.05) is 6.54 Å². The van der Waals surface area contributed by atoms with E-state index in [0.29, 0.717) is 19.6 Å². The number of fused-ring (bicyclic) bond motifs is 3. The molecule has 0 aromatic carbocycles. The van der Waals surface area contributed by atoms with Crippen LogP contribution in [0.2, 0.25) is 0 Å². The third kappa shape index (κ3) is 3.00. The number of quaternary nitrogens is 2. The number of nitrogens with zero attached hydrogens (tertiary/aromatic N) is 3. The Morgan fingerprint density at radius 3 is 2.44 bits per heavy atom. The predicted octanol–water partition coefficient (Wildman–Crippen LogP) is -1.62. The van der Waals surface area contributed by atoms with Crippen molar-refractivity contribution in [1.29, 1.82) is 0 Å². The lowest BCUT2D eigenvalue weighted by Gasteiger charge is -2.53. The van der Waals surface area contributed by atoms with Gasteiger partial charge < -0.3 is 20.0 Å². The highest BCUT2D eigenvalue weighted by Crippen LogP contribution is 2.24. The normalized spacial score (nSPS) is 34.9. The van der Waals surface area contributed by atoms with Crippen LogP contribution < -0.4 is 11.1 Å². The van der Waals surface area contributed by atoms with Crippen molar-refractivity contribution in [1.82, 2.24) is 5.32 Å². The third-order valence-electron chi connectivity index (χ3n) is 4.49. The van der Waals surface area contributed by atoms with Gasteiger partial charge in [-0.1, -0.05) is 0 Å². The lowest BCUT2D eigenvalue weighted by atomic mass is 10.1. The number of hydrogen-bond acceptors (Lipinski definition) is 2. The molecular weight excluding hydrogens is 230 g/mol. The fraction of sp³-hybridized carbons (Fsp3) is 0.833. The van der Waals surface area contributed by atoms with Crippen molar-refractivity contribution < 1.29 is 13.8 Å². The molecule has 2 bridgehead atoms. The van der Waals surface area contributed by atoms with Crippen LogP contribution in [-0.2, 0) is 4.79 Å². The van der Waals surface area contributed by atoms with Gasteiger partial charge in [0.05, 0.1) is 19.9 Å². The summed E-state index contributed by atoms with van der Waals surface area (Å²) < 4.78 is 2.19. The van der Waals surface area contributed by atoms with E-state index in [4.69, 9.17) is 5.73 Å². The number of carbonyl (C=O) groups excluding carboxylic acids is 1. The summed E-state index contributed by atoms with van der Waals surface area (Å²) in [6, 6.07) is 0. The van der Waals surface area contributed by atoms with Gasteiger partial charge in [-0.2, -0.15) is 0 Å². The molecule has 0 unspecified atom stereocenters. The first-order valence-electron chi connectivity index (χ1n) is 6.73. The van der Waals surface area contributed by atoms with Gasteiger partial charge in [-0.05, 0) is 0 Å². The molecule has 3 aliphatic heterocycles. The van der Waals surface area contributed by atoms with Gasteiger partial charge in [0.1, 0.15) is 39.3 Å². The summed E-state index contributed by atoms with van der Waals surface area (Å²) in [4.78, 5) is 15.8. The van der Waals surface area contributed by atoms with E-state index >= 15 is 0 Å². The summed E-state index contributed by atoms with van der Waals surface area (Å²) >= 11 is 0. The van der Waals surface area contributed by atoms with E-state index < -0.39 is 0 Å². The molecular formula is C12H25N5O+2. The highest BCUT2D eigenvalue weighted by atomic mass is 16.2. The van der Waals surface area contributed by atoms with Crippen LogP contribution in [0.15, 0.2) is 4.99 Å². The number of carbonyl (C=O) groups is 1. The number of rotatable bonds is 5. The molecule has 3 rings (SSSR count). The van der Waals surface area contributed by atoms with Gasteiger partial charge in [0.25, 0.3) is 5.91 Å². The highest BCUT2D eigenvalue weighted by Gasteiger charge is 2.47. The standard InChI is InChI=1S/C12H24N5O/c1-16-4-7-17(8-5-16,9-6-16)10-12(18)15-3-2-14-11-13/h11H,2-10H2,1H3,(H2-,13,14,15,18)/q+1/p+1. The van der Waals surface area contributed by atoms with Crippen LogP contribution in [0.25, 0.3) is 0 Å². The maximum Gasteiger partial charge on any atom is 0.275 e. The number of nitrogens with one attached hydrogen (secondary N) is 1. The van der Waals surface area contributed by atoms with Crippen LogP contribution in [0.5, 0.6) is 0 Å². The summed E-state index contributed by atoms with van der Waals surface area (Å²) in [5.41, 5.74) is 5.15. The molecule has 102 valence electrons. The average molecular weight is 255 g/mol. The van der Waals surface area contributed by atoms with Crippen molar-refractivity contribution in [2.24, 2.45) is 10.7 Å². The molecule has 18 heavy (non-hydrogen) atoms. The van der Waals surface area contributed by atoms with E-state index in [9.17, 15) is 4.79 Å². The maximum absolute atomic E-state index is 11.9. The zero-order valence-electron chi connectivity index (χ0n) is 11.3. The molecule has 0 radical (unpaired) electrons. The van der Waals surface area contributed by atoms with Gasteiger partial charge in [-0.15, -0.1) is 0 Å². The van der Waals surface area contributed by atoms with Crippen molar-refractivity contribution in [2.45, 2.75) is 0 Å². The molecule has 1 amide bonds. The van der Waals surface area contributed by atoms with Gasteiger partial charge in [-0.3, -0.25) is 9.79 Å². The number of aliphatic imine (C=N–C) groups is 1. The predicted molar refractivity (Wildman–Crippen MR) is 71.1 cm³/mol. The lowest BCUT2D eigenvalue weighted by Crippen LogP contribution is -2.74. The molecule has 0 aliphatic carbocycles. The summed E-state index contributed by atoms with van der Waals surface area (Å²) in [6.07, 6.45) is 1.28. The number of likely N-dealkylation sites (N-methyl/N-ethyl adjacent to an activating group) is 1. The summed E-state index contributed by atoms with van der Waals surface area (Å²) in [5, 5.41) is 2.92. The Hall–Kier alpha value is -1.14. The van der Waals surface area contributed by atoms with Crippen LogP contribution >= 0.6 is 0 Å². The highest BCUT2D eigenvalue weighted by molar-refractivity contribution is 5.77. The third-order valence-corrected chi connectivity index (χ3v) is 4.49. The number of hydrogen-bond donors (Lipinski definition) is 2. The second kappa shape index (κ2) is 5.24. The zero-order chi connectivity index (χ0) is 13.1. The van der Waals surface area contributed by atoms with Crippen LogP contribution in [0.1, 0.15) is 0 Å². The number of amides is 1. The molecule has 0 saturated carbocycles. The zero-order valence-corrected chi connectivity index (χ0v) is 11.3. The largest absolute Gasteiger partial charge is 0.390 e. The Morgan fingerprint density at radius 2 is 1.89 bits per heavy atom. The van der Waals surface area contributed by atoms with E-state index in [-0.39, 0.29) is 5.91 Å². The molecule has 0 aromatic rings. The Morgan fingerprint density at radius 1 is 1.28 bits per heavy atom. The van der Waals surface area contributed by atoms with Crippen LogP contribution in [0.3, 0.4) is 0 Å². The Kier molecular flexibility index (Phi) is 3.87. The van der Waals surface area contributed by atoms with Crippen molar-refractivity contribution in [2.75, 3.05) is 66.0 Å². The van der Waals surface area contributed by atoms with E-state index in [2.05, 4.69) is 17.4 Å². The SMILES string of the molecule is C[N+]12CC[N+](CC(=O)NCCN=CN)(CC1)CC2. The average Bonchev–Trinajstić information content (AvgIpc) is 2.37. The van der Waals surface area contributed by atoms with Gasteiger partial charge in [0.2, 0.25) is 0 Å². The first kappa shape index (κ1) is 13.3. The van der Waals surface area contributed by atoms with Crippen LogP contribution in [-0.4, -0.2) is 87.2 Å². The van der Waals surface area contributed by atoms with Crippen LogP contribution in [0.4, 0.5) is 0 Å². The summed E-state index contributed by atoms with van der Waals surface area (Å²) in [6.45, 7) is 8.85. The maximum atomic E-state index is 11.9. The molecule has 6 nitrogen and oxygen atoms in total. The Balaban J connectivity index is 1.77. The molecule has 0 spiro atoms. The smallest absolute Gasteiger partial charge is 0.275 e. The van der Waals surface area contributed by atoms with Crippen molar-refractivity contribution in [3.05, 3.63) is 0 Å². The number of nitrogens with two attached hydrogens (primary N) is 1. The monoisotopic (exact) mass is 255 g/mol. The van der Waals surface area contributed by atoms with Gasteiger partial charge in [0.15, 0.2) is 6.54 Å². The quantitative estimate of drug-likeness (QED) is 0.268. The molecule has 3 N–H and O–H groups in total. The van der Waals surface area contributed by atoms with E-state index in [1.807, 2.05) is 0 Å². The van der Waals surface area contributed by atoms with E-state index in [1.54, 1.807) is 0 Å². The van der Waals surface area contributed by atoms with Crippen molar-refractivity contribution >= 4 is 12.2 Å². The molecule has 3 heterocycles. The van der Waals surface area contributed by atoms with Gasteiger partial charge >= 0.3 is 0 Å². The second-order valence-corrected chi connectivity index (χ2v) is 5.87. The lowest BCUT2D eigenvalue weighted by molar-refractivity contribution is -1.07. The Bertz CT molecular complexity index is 317. The first-order valence-corrected chi connectivity index (χ1v) is 6.73. The summed E-state index contributed by atoms with van der Waals surface area (Å²) in [5.74, 6) is 0.153. The van der Waals surface area contributed by atoms with Gasteiger partial charge in [-0.25, -0.2) is 0 Å². The second-order valence-electron chi connectivity index (χ2n) is 5.87. The minimum atomic E-state index is 0.153. The fourth-order valence-corrected chi connectivity index (χ4v) is 2.96. The molecule has 0 aromatic heterocycles. The minimum Gasteiger partial charge on any atom is -0.390 e. The van der Waals surface area contributed by atoms with Crippen molar-refractivity contribution in [3.63, 3.8) is 0 Å². The molecule has 3 fully saturated rings. The molecule has 6 heteroatoms. The molecule has 3 saturated heterocycles. The minimum absolute atomic E-state index is 0.153. The molecule has 0 atom stereocenters. The van der Waals surface area contributed by atoms with Crippen molar-refractivity contribution in [3.8, 4) is 0 Å².